The Bertz CT molecular complexity index is 466. The van der Waals surface area contributed by atoms with Crippen LogP contribution in [-0.4, -0.2) is 29.2 Å². The van der Waals surface area contributed by atoms with Crippen LogP contribution < -0.4 is 11.1 Å². The fourth-order valence-corrected chi connectivity index (χ4v) is 2.56. The molecule has 0 aliphatic heterocycles. The molecular formula is C11H14ClN3O2S. The Morgan fingerprint density at radius 2 is 2.33 bits per heavy atom. The highest BCUT2D eigenvalue weighted by Crippen LogP contribution is 2.28. The van der Waals surface area contributed by atoms with Gasteiger partial charge in [0.05, 0.1) is 16.3 Å². The summed E-state index contributed by atoms with van der Waals surface area (Å²) in [5, 5.41) is 14.7. The standard InChI is InChI=1S/C11H14ClN3O2S/c1-2-14-9(16)6-18-8-5-3-4-7(12)10(8)11(13)15-17/h3-5,17H,2,6H2,1H3,(H2,13,15)(H,14,16). The Balaban J connectivity index is 2.89. The van der Waals surface area contributed by atoms with Gasteiger partial charge in [0.1, 0.15) is 0 Å². The second kappa shape index (κ2) is 7.13. The molecule has 4 N–H and O–H groups in total. The number of hydrogen-bond donors (Lipinski definition) is 3. The van der Waals surface area contributed by atoms with Crippen molar-refractivity contribution in [2.75, 3.05) is 12.3 Å². The number of amidine groups is 1. The number of nitrogens with zero attached hydrogens (tertiary/aromatic N) is 1. The van der Waals surface area contributed by atoms with Gasteiger partial charge in [-0.1, -0.05) is 22.8 Å². The van der Waals surface area contributed by atoms with Crippen molar-refractivity contribution in [2.45, 2.75) is 11.8 Å². The summed E-state index contributed by atoms with van der Waals surface area (Å²) in [7, 11) is 0. The molecule has 5 nitrogen and oxygen atoms in total. The van der Waals surface area contributed by atoms with Crippen LogP contribution in [0.5, 0.6) is 0 Å². The summed E-state index contributed by atoms with van der Waals surface area (Å²) in [4.78, 5) is 12.1. The molecule has 0 spiro atoms. The number of thioether (sulfide) groups is 1. The van der Waals surface area contributed by atoms with Crippen molar-refractivity contribution in [3.8, 4) is 0 Å². The molecule has 0 saturated heterocycles. The van der Waals surface area contributed by atoms with E-state index in [4.69, 9.17) is 22.5 Å². The fraction of sp³-hybridized carbons (Fsp3) is 0.273. The third-order valence-corrected chi connectivity index (χ3v) is 3.44. The molecule has 0 heterocycles. The van der Waals surface area contributed by atoms with E-state index in [2.05, 4.69) is 10.5 Å². The molecule has 18 heavy (non-hydrogen) atoms. The van der Waals surface area contributed by atoms with E-state index in [1.54, 1.807) is 18.2 Å². The van der Waals surface area contributed by atoms with Gasteiger partial charge >= 0.3 is 0 Å². The lowest BCUT2D eigenvalue weighted by Gasteiger charge is -2.09. The Labute approximate surface area is 114 Å². The second-order valence-corrected chi connectivity index (χ2v) is 4.76. The predicted molar refractivity (Wildman–Crippen MR) is 73.4 cm³/mol. The molecule has 0 atom stereocenters. The number of oxime groups is 1. The molecule has 1 amide bonds. The van der Waals surface area contributed by atoms with E-state index in [9.17, 15) is 4.79 Å². The van der Waals surface area contributed by atoms with Crippen LogP contribution in [0.25, 0.3) is 0 Å². The van der Waals surface area contributed by atoms with Crippen LogP contribution in [0.2, 0.25) is 5.02 Å². The zero-order valence-corrected chi connectivity index (χ0v) is 11.4. The first-order valence-electron chi connectivity index (χ1n) is 5.26. The summed E-state index contributed by atoms with van der Waals surface area (Å²) >= 11 is 7.28. The fourth-order valence-electron chi connectivity index (χ4n) is 1.31. The van der Waals surface area contributed by atoms with Gasteiger partial charge in [0.25, 0.3) is 0 Å². The lowest BCUT2D eigenvalue weighted by atomic mass is 10.2. The first-order valence-corrected chi connectivity index (χ1v) is 6.62. The topological polar surface area (TPSA) is 87.7 Å². The van der Waals surface area contributed by atoms with Crippen LogP contribution >= 0.6 is 23.4 Å². The molecule has 0 aromatic heterocycles. The van der Waals surface area contributed by atoms with Crippen LogP contribution in [0.4, 0.5) is 0 Å². The monoisotopic (exact) mass is 287 g/mol. The summed E-state index contributed by atoms with van der Waals surface area (Å²) in [6.07, 6.45) is 0. The van der Waals surface area contributed by atoms with E-state index in [0.717, 1.165) is 0 Å². The number of carbonyl (C=O) groups excluding carboxylic acids is 1. The Hall–Kier alpha value is -1.40. The van der Waals surface area contributed by atoms with E-state index >= 15 is 0 Å². The van der Waals surface area contributed by atoms with Crippen LogP contribution in [-0.2, 0) is 4.79 Å². The molecule has 0 bridgehead atoms. The molecule has 0 fully saturated rings. The third kappa shape index (κ3) is 3.82. The van der Waals surface area contributed by atoms with Crippen LogP contribution in [0.3, 0.4) is 0 Å². The van der Waals surface area contributed by atoms with Gasteiger partial charge < -0.3 is 16.3 Å². The van der Waals surface area contributed by atoms with Gasteiger partial charge in [-0.2, -0.15) is 0 Å². The predicted octanol–water partition coefficient (Wildman–Crippen LogP) is 1.66. The lowest BCUT2D eigenvalue weighted by Crippen LogP contribution is -2.24. The quantitative estimate of drug-likeness (QED) is 0.253. The van der Waals surface area contributed by atoms with Crippen molar-refractivity contribution in [3.63, 3.8) is 0 Å². The SMILES string of the molecule is CCNC(=O)CSc1cccc(Cl)c1/C(N)=N/O. The summed E-state index contributed by atoms with van der Waals surface area (Å²) in [6, 6.07) is 5.16. The first-order chi connectivity index (χ1) is 8.60. The van der Waals surface area contributed by atoms with Gasteiger partial charge in [0.2, 0.25) is 5.91 Å². The minimum Gasteiger partial charge on any atom is -0.409 e. The maximum atomic E-state index is 11.4. The lowest BCUT2D eigenvalue weighted by molar-refractivity contribution is -0.118. The van der Waals surface area contributed by atoms with E-state index < -0.39 is 0 Å². The number of carbonyl (C=O) groups is 1. The summed E-state index contributed by atoms with van der Waals surface area (Å²) in [6.45, 7) is 2.44. The zero-order chi connectivity index (χ0) is 13.5. The highest BCUT2D eigenvalue weighted by Gasteiger charge is 2.13. The number of halogens is 1. The molecule has 0 radical (unpaired) electrons. The number of hydrogen-bond acceptors (Lipinski definition) is 4. The molecule has 0 unspecified atom stereocenters. The van der Waals surface area contributed by atoms with Crippen molar-refractivity contribution >= 4 is 35.1 Å². The molecule has 0 saturated carbocycles. The van der Waals surface area contributed by atoms with Crippen LogP contribution in [0, 0.1) is 0 Å². The van der Waals surface area contributed by atoms with Crippen molar-refractivity contribution in [2.24, 2.45) is 10.9 Å². The highest BCUT2D eigenvalue weighted by molar-refractivity contribution is 8.00. The van der Waals surface area contributed by atoms with Crippen molar-refractivity contribution in [1.82, 2.24) is 5.32 Å². The summed E-state index contributed by atoms with van der Waals surface area (Å²) in [5.74, 6) is 0.104. The van der Waals surface area contributed by atoms with E-state index in [1.807, 2.05) is 6.92 Å². The Morgan fingerprint density at radius 1 is 1.61 bits per heavy atom. The number of nitrogens with one attached hydrogen (secondary N) is 1. The molecule has 98 valence electrons. The minimum atomic E-state index is -0.0760. The Morgan fingerprint density at radius 3 is 2.94 bits per heavy atom. The van der Waals surface area contributed by atoms with Crippen molar-refractivity contribution in [3.05, 3.63) is 28.8 Å². The molecule has 1 rings (SSSR count). The highest BCUT2D eigenvalue weighted by atomic mass is 35.5. The number of benzene rings is 1. The molecule has 0 aliphatic rings. The average molecular weight is 288 g/mol. The molecule has 1 aromatic carbocycles. The van der Waals surface area contributed by atoms with Gasteiger partial charge in [-0.05, 0) is 19.1 Å². The van der Waals surface area contributed by atoms with Gasteiger partial charge in [0.15, 0.2) is 5.84 Å². The first kappa shape index (κ1) is 14.7. The van der Waals surface area contributed by atoms with Crippen LogP contribution in [0.15, 0.2) is 28.3 Å². The Kier molecular flexibility index (Phi) is 5.80. The number of nitrogens with two attached hydrogens (primary N) is 1. The number of amides is 1. The smallest absolute Gasteiger partial charge is 0.230 e. The van der Waals surface area contributed by atoms with E-state index in [0.29, 0.717) is 22.0 Å². The van der Waals surface area contributed by atoms with Gasteiger partial charge in [0, 0.05) is 11.4 Å². The van der Waals surface area contributed by atoms with Crippen molar-refractivity contribution in [1.29, 1.82) is 0 Å². The normalized spacial score (nSPS) is 11.3. The van der Waals surface area contributed by atoms with Gasteiger partial charge in [-0.25, -0.2) is 0 Å². The van der Waals surface area contributed by atoms with Gasteiger partial charge in [-0.3, -0.25) is 4.79 Å². The van der Waals surface area contributed by atoms with Crippen molar-refractivity contribution < 1.29 is 10.0 Å². The molecular weight excluding hydrogens is 274 g/mol. The second-order valence-electron chi connectivity index (χ2n) is 3.34. The molecule has 1 aromatic rings. The largest absolute Gasteiger partial charge is 0.409 e. The average Bonchev–Trinajstić information content (AvgIpc) is 2.36. The molecule has 0 aliphatic carbocycles. The molecule has 7 heteroatoms. The van der Waals surface area contributed by atoms with E-state index in [1.165, 1.54) is 11.8 Å². The third-order valence-electron chi connectivity index (χ3n) is 2.07. The van der Waals surface area contributed by atoms with E-state index in [-0.39, 0.29) is 17.5 Å². The maximum absolute atomic E-state index is 11.4. The zero-order valence-electron chi connectivity index (χ0n) is 9.81. The maximum Gasteiger partial charge on any atom is 0.230 e. The summed E-state index contributed by atoms with van der Waals surface area (Å²) < 4.78 is 0. The minimum absolute atomic E-state index is 0.0704. The number of rotatable bonds is 5. The van der Waals surface area contributed by atoms with Crippen LogP contribution in [0.1, 0.15) is 12.5 Å². The summed E-state index contributed by atoms with van der Waals surface area (Å²) in [5.41, 5.74) is 6.00. The van der Waals surface area contributed by atoms with Gasteiger partial charge in [-0.15, -0.1) is 11.8 Å².